The van der Waals surface area contributed by atoms with E-state index in [2.05, 4.69) is 5.10 Å². The Hall–Kier alpha value is -2.76. The zero-order chi connectivity index (χ0) is 16.8. The standard InChI is InChI=1S/C17H20N2O4/c1-4-14-16(17(20)21)15(9-10-22-2)19(18-14)11-12-5-7-13(23-3)8-6-12/h5-10H,4,11H2,1-3H3,(H,20,21). The molecule has 0 bridgehead atoms. The van der Waals surface area contributed by atoms with E-state index in [1.165, 1.54) is 13.4 Å². The summed E-state index contributed by atoms with van der Waals surface area (Å²) in [5, 5.41) is 13.9. The Bertz CT molecular complexity index is 702. The summed E-state index contributed by atoms with van der Waals surface area (Å²) in [4.78, 5) is 11.6. The minimum absolute atomic E-state index is 0.217. The van der Waals surface area contributed by atoms with Crippen LogP contribution in [0.15, 0.2) is 30.5 Å². The highest BCUT2D eigenvalue weighted by Gasteiger charge is 2.21. The molecule has 0 saturated carbocycles. The fraction of sp³-hybridized carbons (Fsp3) is 0.294. The third-order valence-electron chi connectivity index (χ3n) is 3.47. The molecule has 0 radical (unpaired) electrons. The highest BCUT2D eigenvalue weighted by Crippen LogP contribution is 2.20. The van der Waals surface area contributed by atoms with Crippen LogP contribution in [-0.2, 0) is 17.7 Å². The second kappa shape index (κ2) is 7.49. The smallest absolute Gasteiger partial charge is 0.339 e. The first-order valence-electron chi connectivity index (χ1n) is 7.26. The van der Waals surface area contributed by atoms with Gasteiger partial charge in [-0.2, -0.15) is 5.10 Å². The summed E-state index contributed by atoms with van der Waals surface area (Å²) < 4.78 is 11.7. The second-order valence-corrected chi connectivity index (χ2v) is 4.91. The fourth-order valence-electron chi connectivity index (χ4n) is 2.33. The minimum Gasteiger partial charge on any atom is -0.504 e. The molecule has 0 aliphatic carbocycles. The molecular formula is C17H20N2O4. The van der Waals surface area contributed by atoms with E-state index in [0.29, 0.717) is 24.4 Å². The van der Waals surface area contributed by atoms with Crippen LogP contribution in [-0.4, -0.2) is 35.1 Å². The molecule has 1 aromatic heterocycles. The quantitative estimate of drug-likeness (QED) is 0.795. The predicted octanol–water partition coefficient (Wildman–Crippen LogP) is 2.82. The molecule has 122 valence electrons. The van der Waals surface area contributed by atoms with Gasteiger partial charge in [0.2, 0.25) is 0 Å². The van der Waals surface area contributed by atoms with E-state index in [1.807, 2.05) is 31.2 Å². The molecule has 2 aromatic rings. The largest absolute Gasteiger partial charge is 0.504 e. The molecule has 0 unspecified atom stereocenters. The minimum atomic E-state index is -0.987. The molecule has 0 atom stereocenters. The SMILES string of the molecule is CCc1nn(Cc2ccc(OC)cc2)c(C=COC)c1C(=O)O. The first-order valence-corrected chi connectivity index (χ1v) is 7.26. The number of carbonyl (C=O) groups is 1. The Kier molecular flexibility index (Phi) is 5.41. The van der Waals surface area contributed by atoms with Crippen LogP contribution in [0.5, 0.6) is 5.75 Å². The molecule has 2 rings (SSSR count). The first-order chi connectivity index (χ1) is 11.1. The lowest BCUT2D eigenvalue weighted by atomic mass is 10.1. The third-order valence-corrected chi connectivity index (χ3v) is 3.47. The Labute approximate surface area is 135 Å². The summed E-state index contributed by atoms with van der Waals surface area (Å²) in [6.45, 7) is 2.35. The van der Waals surface area contributed by atoms with Crippen molar-refractivity contribution < 1.29 is 19.4 Å². The topological polar surface area (TPSA) is 73.6 Å². The summed E-state index contributed by atoms with van der Waals surface area (Å²) in [5.41, 5.74) is 2.29. The maximum atomic E-state index is 11.6. The molecule has 23 heavy (non-hydrogen) atoms. The van der Waals surface area contributed by atoms with Gasteiger partial charge in [-0.3, -0.25) is 4.68 Å². The highest BCUT2D eigenvalue weighted by atomic mass is 16.5. The Morgan fingerprint density at radius 1 is 1.30 bits per heavy atom. The van der Waals surface area contributed by atoms with Crippen molar-refractivity contribution in [2.45, 2.75) is 19.9 Å². The van der Waals surface area contributed by atoms with E-state index >= 15 is 0 Å². The van der Waals surface area contributed by atoms with Gasteiger partial charge in [0.25, 0.3) is 0 Å². The predicted molar refractivity (Wildman–Crippen MR) is 86.7 cm³/mol. The molecule has 0 amide bonds. The zero-order valence-corrected chi connectivity index (χ0v) is 13.4. The summed E-state index contributed by atoms with van der Waals surface area (Å²) in [6, 6.07) is 7.58. The summed E-state index contributed by atoms with van der Waals surface area (Å²) >= 11 is 0. The van der Waals surface area contributed by atoms with Gasteiger partial charge in [0.15, 0.2) is 0 Å². The van der Waals surface area contributed by atoms with E-state index in [1.54, 1.807) is 17.9 Å². The van der Waals surface area contributed by atoms with Crippen LogP contribution in [0, 0.1) is 0 Å². The van der Waals surface area contributed by atoms with Crippen molar-refractivity contribution in [3.05, 3.63) is 53.0 Å². The Balaban J connectivity index is 2.43. The average molecular weight is 316 g/mol. The zero-order valence-electron chi connectivity index (χ0n) is 13.4. The van der Waals surface area contributed by atoms with Gasteiger partial charge in [-0.25, -0.2) is 4.79 Å². The first kappa shape index (κ1) is 16.6. The normalized spacial score (nSPS) is 10.9. The van der Waals surface area contributed by atoms with Crippen LogP contribution in [0.4, 0.5) is 0 Å². The van der Waals surface area contributed by atoms with Gasteiger partial charge in [0.1, 0.15) is 11.3 Å². The Morgan fingerprint density at radius 2 is 2.00 bits per heavy atom. The van der Waals surface area contributed by atoms with Gasteiger partial charge >= 0.3 is 5.97 Å². The number of hydrogen-bond acceptors (Lipinski definition) is 4. The number of aromatic carboxylic acids is 1. The lowest BCUT2D eigenvalue weighted by molar-refractivity contribution is 0.0695. The van der Waals surface area contributed by atoms with Gasteiger partial charge in [0.05, 0.1) is 38.4 Å². The van der Waals surface area contributed by atoms with Crippen LogP contribution < -0.4 is 4.74 Å². The van der Waals surface area contributed by atoms with Crippen LogP contribution in [0.25, 0.3) is 6.08 Å². The number of methoxy groups -OCH3 is 2. The van der Waals surface area contributed by atoms with Gasteiger partial charge in [-0.15, -0.1) is 0 Å². The number of hydrogen-bond donors (Lipinski definition) is 1. The monoisotopic (exact) mass is 316 g/mol. The van der Waals surface area contributed by atoms with Crippen molar-refractivity contribution in [3.8, 4) is 5.75 Å². The van der Waals surface area contributed by atoms with Gasteiger partial charge in [0, 0.05) is 0 Å². The van der Waals surface area contributed by atoms with Crippen LogP contribution in [0.2, 0.25) is 0 Å². The number of carboxylic acid groups (broad SMARTS) is 1. The van der Waals surface area contributed by atoms with Crippen molar-refractivity contribution in [1.29, 1.82) is 0 Å². The van der Waals surface area contributed by atoms with Gasteiger partial charge in [-0.1, -0.05) is 19.1 Å². The van der Waals surface area contributed by atoms with Crippen LogP contribution in [0.1, 0.15) is 34.2 Å². The van der Waals surface area contributed by atoms with Gasteiger partial charge in [-0.05, 0) is 30.2 Å². The molecule has 0 saturated heterocycles. The average Bonchev–Trinajstić information content (AvgIpc) is 2.91. The van der Waals surface area contributed by atoms with Crippen molar-refractivity contribution in [2.75, 3.05) is 14.2 Å². The summed E-state index contributed by atoms with van der Waals surface area (Å²) in [5.74, 6) is -0.215. The number of rotatable bonds is 7. The summed E-state index contributed by atoms with van der Waals surface area (Å²) in [7, 11) is 3.13. The van der Waals surface area contributed by atoms with Crippen molar-refractivity contribution >= 4 is 12.0 Å². The number of nitrogens with zero attached hydrogens (tertiary/aromatic N) is 2. The number of aryl methyl sites for hydroxylation is 1. The number of carboxylic acids is 1. The van der Waals surface area contributed by atoms with E-state index in [4.69, 9.17) is 9.47 Å². The molecule has 1 aromatic carbocycles. The molecule has 6 nitrogen and oxygen atoms in total. The molecule has 1 N–H and O–H groups in total. The number of aromatic nitrogens is 2. The highest BCUT2D eigenvalue weighted by molar-refractivity contribution is 5.92. The fourth-order valence-corrected chi connectivity index (χ4v) is 2.33. The van der Waals surface area contributed by atoms with E-state index < -0.39 is 5.97 Å². The molecule has 0 aliphatic heterocycles. The summed E-state index contributed by atoms with van der Waals surface area (Å²) in [6.07, 6.45) is 3.62. The third kappa shape index (κ3) is 3.71. The van der Waals surface area contributed by atoms with E-state index in [9.17, 15) is 9.90 Å². The molecule has 0 fully saturated rings. The number of benzene rings is 1. The maximum absolute atomic E-state index is 11.6. The molecule has 0 spiro atoms. The Morgan fingerprint density at radius 3 is 2.52 bits per heavy atom. The van der Waals surface area contributed by atoms with E-state index in [-0.39, 0.29) is 5.56 Å². The van der Waals surface area contributed by atoms with Crippen molar-refractivity contribution in [1.82, 2.24) is 9.78 Å². The maximum Gasteiger partial charge on any atom is 0.339 e. The van der Waals surface area contributed by atoms with Crippen molar-refractivity contribution in [2.24, 2.45) is 0 Å². The van der Waals surface area contributed by atoms with Gasteiger partial charge < -0.3 is 14.6 Å². The lowest BCUT2D eigenvalue weighted by Crippen LogP contribution is -2.06. The van der Waals surface area contributed by atoms with Crippen molar-refractivity contribution in [3.63, 3.8) is 0 Å². The molecule has 1 heterocycles. The van der Waals surface area contributed by atoms with Crippen LogP contribution in [0.3, 0.4) is 0 Å². The molecular weight excluding hydrogens is 296 g/mol. The van der Waals surface area contributed by atoms with Crippen LogP contribution >= 0.6 is 0 Å². The molecule has 0 aliphatic rings. The lowest BCUT2D eigenvalue weighted by Gasteiger charge is -2.06. The second-order valence-electron chi connectivity index (χ2n) is 4.91. The molecule has 6 heteroatoms. The van der Waals surface area contributed by atoms with E-state index in [0.717, 1.165) is 11.3 Å². The number of ether oxygens (including phenoxy) is 2.